The number of amides is 2. The number of nitrogens with zero attached hydrogens (tertiary/aromatic N) is 2. The molecular formula is C27H27FN4O4. The summed E-state index contributed by atoms with van der Waals surface area (Å²) in [5.41, 5.74) is 6.32. The molecule has 8 nitrogen and oxygen atoms in total. The lowest BCUT2D eigenvalue weighted by Gasteiger charge is -2.33. The minimum absolute atomic E-state index is 0.0175. The SMILES string of the molecule is C/C=C/C(=O)N1CCCC(Nc2cnc(Oc3ccc(Oc4cccc(F)c4)cc3)c(C(N)=O)c2)C1. The van der Waals surface area contributed by atoms with Crippen molar-refractivity contribution in [1.29, 1.82) is 0 Å². The van der Waals surface area contributed by atoms with Crippen LogP contribution in [0.2, 0.25) is 0 Å². The molecule has 0 saturated carbocycles. The van der Waals surface area contributed by atoms with E-state index < -0.39 is 11.7 Å². The number of aromatic nitrogens is 1. The number of pyridine rings is 1. The maximum absolute atomic E-state index is 13.3. The Balaban J connectivity index is 1.43. The number of likely N-dealkylation sites (tertiary alicyclic amines) is 1. The van der Waals surface area contributed by atoms with Gasteiger partial charge in [-0.05, 0) is 68.3 Å². The first kappa shape index (κ1) is 24.7. The molecule has 9 heteroatoms. The fraction of sp³-hybridized carbons (Fsp3) is 0.222. The van der Waals surface area contributed by atoms with Crippen molar-refractivity contribution in [3.63, 3.8) is 0 Å². The fourth-order valence-electron chi connectivity index (χ4n) is 3.92. The number of piperidine rings is 1. The van der Waals surface area contributed by atoms with E-state index in [1.807, 2.05) is 6.92 Å². The van der Waals surface area contributed by atoms with Crippen LogP contribution >= 0.6 is 0 Å². The highest BCUT2D eigenvalue weighted by atomic mass is 19.1. The minimum Gasteiger partial charge on any atom is -0.457 e. The van der Waals surface area contributed by atoms with Gasteiger partial charge in [-0.15, -0.1) is 0 Å². The van der Waals surface area contributed by atoms with Crippen LogP contribution in [0.15, 0.2) is 72.9 Å². The van der Waals surface area contributed by atoms with Crippen molar-refractivity contribution in [1.82, 2.24) is 9.88 Å². The zero-order chi connectivity index (χ0) is 25.5. The summed E-state index contributed by atoms with van der Waals surface area (Å²) in [4.78, 5) is 30.4. The van der Waals surface area contributed by atoms with Crippen LogP contribution in [0, 0.1) is 5.82 Å². The van der Waals surface area contributed by atoms with Crippen molar-refractivity contribution in [2.45, 2.75) is 25.8 Å². The van der Waals surface area contributed by atoms with E-state index >= 15 is 0 Å². The lowest BCUT2D eigenvalue weighted by molar-refractivity contribution is -0.127. The Labute approximate surface area is 208 Å². The number of benzene rings is 2. The smallest absolute Gasteiger partial charge is 0.254 e. The van der Waals surface area contributed by atoms with E-state index in [9.17, 15) is 14.0 Å². The number of ether oxygens (including phenoxy) is 2. The molecule has 186 valence electrons. The van der Waals surface area contributed by atoms with Crippen molar-refractivity contribution in [3.8, 4) is 23.1 Å². The third-order valence-electron chi connectivity index (χ3n) is 5.60. The molecule has 1 aliphatic rings. The van der Waals surface area contributed by atoms with Crippen molar-refractivity contribution < 1.29 is 23.5 Å². The number of allylic oxidation sites excluding steroid dienone is 1. The molecule has 2 aromatic carbocycles. The van der Waals surface area contributed by atoms with E-state index in [-0.39, 0.29) is 23.4 Å². The number of nitrogens with one attached hydrogen (secondary N) is 1. The predicted molar refractivity (Wildman–Crippen MR) is 134 cm³/mol. The number of carbonyl (C=O) groups excluding carboxylic acids is 2. The van der Waals surface area contributed by atoms with E-state index in [1.165, 1.54) is 12.1 Å². The van der Waals surface area contributed by atoms with Gasteiger partial charge in [0.2, 0.25) is 11.8 Å². The van der Waals surface area contributed by atoms with Crippen LogP contribution in [0.3, 0.4) is 0 Å². The Bertz CT molecular complexity index is 1260. The second-order valence-electron chi connectivity index (χ2n) is 8.34. The molecule has 0 radical (unpaired) electrons. The van der Waals surface area contributed by atoms with E-state index in [1.54, 1.807) is 65.7 Å². The second kappa shape index (κ2) is 11.4. The van der Waals surface area contributed by atoms with Gasteiger partial charge in [-0.3, -0.25) is 9.59 Å². The van der Waals surface area contributed by atoms with Crippen LogP contribution in [0.25, 0.3) is 0 Å². The van der Waals surface area contributed by atoms with Gasteiger partial charge in [0.05, 0.1) is 11.9 Å². The van der Waals surface area contributed by atoms with Gasteiger partial charge < -0.3 is 25.4 Å². The maximum atomic E-state index is 13.3. The molecule has 1 atom stereocenters. The van der Waals surface area contributed by atoms with Gasteiger partial charge in [-0.1, -0.05) is 12.1 Å². The molecule has 0 bridgehead atoms. The molecule has 2 heterocycles. The number of anilines is 1. The van der Waals surface area contributed by atoms with E-state index in [0.717, 1.165) is 12.8 Å². The fourth-order valence-corrected chi connectivity index (χ4v) is 3.92. The van der Waals surface area contributed by atoms with E-state index in [0.29, 0.717) is 36.0 Å². The summed E-state index contributed by atoms with van der Waals surface area (Å²) < 4.78 is 24.8. The zero-order valence-electron chi connectivity index (χ0n) is 19.8. The molecule has 1 aliphatic heterocycles. The Morgan fingerprint density at radius 2 is 1.86 bits per heavy atom. The molecule has 4 rings (SSSR count). The molecular weight excluding hydrogens is 463 g/mol. The standard InChI is InChI=1S/C27H27FN4O4/c1-2-5-25(33)32-13-4-7-19(17-32)31-20-15-24(26(29)34)27(30-16-20)36-22-11-9-21(10-12-22)35-23-8-3-6-18(28)14-23/h2-3,5-6,8-12,14-16,19,31H,4,7,13,17H2,1H3,(H2,29,34)/b5-2+. The molecule has 3 N–H and O–H groups in total. The number of hydrogen-bond donors (Lipinski definition) is 2. The first-order valence-electron chi connectivity index (χ1n) is 11.6. The average Bonchev–Trinajstić information content (AvgIpc) is 2.86. The van der Waals surface area contributed by atoms with E-state index in [2.05, 4.69) is 10.3 Å². The summed E-state index contributed by atoms with van der Waals surface area (Å²) in [6.07, 6.45) is 6.61. The summed E-state index contributed by atoms with van der Waals surface area (Å²) >= 11 is 0. The Morgan fingerprint density at radius 1 is 1.11 bits per heavy atom. The lowest BCUT2D eigenvalue weighted by Crippen LogP contribution is -2.44. The van der Waals surface area contributed by atoms with Gasteiger partial charge in [0.25, 0.3) is 5.91 Å². The summed E-state index contributed by atoms with van der Waals surface area (Å²) in [7, 11) is 0. The van der Waals surface area contributed by atoms with Gasteiger partial charge in [0.15, 0.2) is 0 Å². The molecule has 0 spiro atoms. The molecule has 3 aromatic rings. The molecule has 1 aromatic heterocycles. The summed E-state index contributed by atoms with van der Waals surface area (Å²) in [6, 6.07) is 14.1. The van der Waals surface area contributed by atoms with E-state index in [4.69, 9.17) is 15.2 Å². The Hall–Kier alpha value is -4.40. The Morgan fingerprint density at radius 3 is 2.56 bits per heavy atom. The second-order valence-corrected chi connectivity index (χ2v) is 8.34. The number of primary amides is 1. The molecule has 1 unspecified atom stereocenters. The van der Waals surface area contributed by atoms with Crippen LogP contribution in [0.5, 0.6) is 23.1 Å². The topological polar surface area (TPSA) is 107 Å². The van der Waals surface area contributed by atoms with Crippen molar-refractivity contribution in [2.24, 2.45) is 5.73 Å². The zero-order valence-corrected chi connectivity index (χ0v) is 19.8. The van der Waals surface area contributed by atoms with Crippen LogP contribution in [-0.2, 0) is 4.79 Å². The van der Waals surface area contributed by atoms with Crippen molar-refractivity contribution in [2.75, 3.05) is 18.4 Å². The van der Waals surface area contributed by atoms with Crippen molar-refractivity contribution >= 4 is 17.5 Å². The third kappa shape index (κ3) is 6.38. The van der Waals surface area contributed by atoms with Crippen molar-refractivity contribution in [3.05, 3.63) is 84.3 Å². The molecule has 1 saturated heterocycles. The lowest BCUT2D eigenvalue weighted by atomic mass is 10.0. The van der Waals surface area contributed by atoms with Gasteiger partial charge >= 0.3 is 0 Å². The normalized spacial score (nSPS) is 15.5. The highest BCUT2D eigenvalue weighted by Gasteiger charge is 2.23. The monoisotopic (exact) mass is 490 g/mol. The van der Waals surface area contributed by atoms with Gasteiger partial charge in [0, 0.05) is 25.2 Å². The first-order chi connectivity index (χ1) is 17.4. The maximum Gasteiger partial charge on any atom is 0.254 e. The van der Waals surface area contributed by atoms with Gasteiger partial charge in [-0.2, -0.15) is 0 Å². The van der Waals surface area contributed by atoms with Crippen LogP contribution in [0.1, 0.15) is 30.1 Å². The molecule has 2 amide bonds. The van der Waals surface area contributed by atoms with Gasteiger partial charge in [0.1, 0.15) is 28.6 Å². The summed E-state index contributed by atoms with van der Waals surface area (Å²) in [5, 5.41) is 3.34. The number of rotatable bonds is 8. The van der Waals surface area contributed by atoms with Crippen LogP contribution in [0.4, 0.5) is 10.1 Å². The minimum atomic E-state index is -0.680. The largest absolute Gasteiger partial charge is 0.457 e. The summed E-state index contributed by atoms with van der Waals surface area (Å²) in [5.74, 6) is 0.264. The number of hydrogen-bond acceptors (Lipinski definition) is 6. The summed E-state index contributed by atoms with van der Waals surface area (Å²) in [6.45, 7) is 3.08. The molecule has 1 fully saturated rings. The van der Waals surface area contributed by atoms with Gasteiger partial charge in [-0.25, -0.2) is 9.37 Å². The highest BCUT2D eigenvalue weighted by Crippen LogP contribution is 2.29. The highest BCUT2D eigenvalue weighted by molar-refractivity contribution is 5.96. The number of nitrogens with two attached hydrogens (primary N) is 1. The van der Waals surface area contributed by atoms with Crippen LogP contribution in [-0.4, -0.2) is 40.8 Å². The number of halogens is 1. The number of carbonyl (C=O) groups is 2. The Kier molecular flexibility index (Phi) is 7.79. The van der Waals surface area contributed by atoms with Crippen LogP contribution < -0.4 is 20.5 Å². The third-order valence-corrected chi connectivity index (χ3v) is 5.60. The quantitative estimate of drug-likeness (QED) is 0.436. The average molecular weight is 491 g/mol. The predicted octanol–water partition coefficient (Wildman–Crippen LogP) is 4.88. The molecule has 0 aliphatic carbocycles. The first-order valence-corrected chi connectivity index (χ1v) is 11.6. The molecule has 36 heavy (non-hydrogen) atoms.